The van der Waals surface area contributed by atoms with Crippen LogP contribution in [-0.4, -0.2) is 42.0 Å². The Labute approximate surface area is 168 Å². The molecule has 1 N–H and O–H groups in total. The summed E-state index contributed by atoms with van der Waals surface area (Å²) in [6.45, 7) is 1.08. The molecule has 2 unspecified atom stereocenters. The predicted octanol–water partition coefficient (Wildman–Crippen LogP) is 3.50. The maximum Gasteiger partial charge on any atom is 0.266 e. The van der Waals surface area contributed by atoms with Gasteiger partial charge in [-0.15, -0.1) is 0 Å². The van der Waals surface area contributed by atoms with E-state index in [1.54, 1.807) is 41.3 Å². The number of rotatable bonds is 5. The van der Waals surface area contributed by atoms with Gasteiger partial charge in [0.1, 0.15) is 18.1 Å². The Morgan fingerprint density at radius 2 is 2.00 bits per heavy atom. The van der Waals surface area contributed by atoms with E-state index in [9.17, 15) is 9.59 Å². The number of halogens is 1. The average molecular weight is 401 g/mol. The highest BCUT2D eigenvalue weighted by Gasteiger charge is 2.35. The molecule has 0 aliphatic carbocycles. The van der Waals surface area contributed by atoms with Crippen LogP contribution in [0.1, 0.15) is 19.3 Å². The van der Waals surface area contributed by atoms with Crippen LogP contribution in [0.2, 0.25) is 5.02 Å². The Kier molecular flexibility index (Phi) is 5.39. The minimum Gasteiger partial charge on any atom is -0.491 e. The van der Waals surface area contributed by atoms with Crippen molar-refractivity contribution in [1.29, 1.82) is 0 Å². The number of para-hydroxylation sites is 2. The Hall–Kier alpha value is -2.73. The molecule has 0 bridgehead atoms. The third-order valence-electron chi connectivity index (χ3n) is 5.02. The van der Waals surface area contributed by atoms with Gasteiger partial charge >= 0.3 is 0 Å². The number of amides is 2. The van der Waals surface area contributed by atoms with E-state index in [0.717, 1.165) is 18.6 Å². The molecule has 2 atom stereocenters. The van der Waals surface area contributed by atoms with Crippen molar-refractivity contribution < 1.29 is 19.1 Å². The van der Waals surface area contributed by atoms with E-state index in [-0.39, 0.29) is 24.3 Å². The number of carbonyl (C=O) groups is 2. The molecule has 2 aromatic rings. The van der Waals surface area contributed by atoms with Crippen molar-refractivity contribution in [1.82, 2.24) is 4.90 Å². The third-order valence-corrected chi connectivity index (χ3v) is 5.27. The van der Waals surface area contributed by atoms with Crippen molar-refractivity contribution in [3.05, 3.63) is 53.6 Å². The summed E-state index contributed by atoms with van der Waals surface area (Å²) in [5.41, 5.74) is 0.631. The Balaban J connectivity index is 1.36. The zero-order valence-corrected chi connectivity index (χ0v) is 16.0. The fraction of sp³-hybridized carbons (Fsp3) is 0.333. The highest BCUT2D eigenvalue weighted by Crippen LogP contribution is 2.30. The monoisotopic (exact) mass is 400 g/mol. The van der Waals surface area contributed by atoms with Crippen molar-refractivity contribution in [2.24, 2.45) is 0 Å². The predicted molar refractivity (Wildman–Crippen MR) is 106 cm³/mol. The third kappa shape index (κ3) is 4.07. The van der Waals surface area contributed by atoms with Crippen LogP contribution in [0.3, 0.4) is 0 Å². The zero-order valence-electron chi connectivity index (χ0n) is 15.3. The largest absolute Gasteiger partial charge is 0.491 e. The van der Waals surface area contributed by atoms with Gasteiger partial charge in [-0.05, 0) is 49.2 Å². The van der Waals surface area contributed by atoms with Crippen molar-refractivity contribution in [3.63, 3.8) is 0 Å². The van der Waals surface area contributed by atoms with Gasteiger partial charge in [0.05, 0.1) is 18.2 Å². The van der Waals surface area contributed by atoms with Gasteiger partial charge in [-0.25, -0.2) is 0 Å². The topological polar surface area (TPSA) is 67.9 Å². The number of fused-ring (bicyclic) bond motifs is 1. The van der Waals surface area contributed by atoms with Crippen LogP contribution >= 0.6 is 11.6 Å². The Morgan fingerprint density at radius 1 is 1.21 bits per heavy atom. The number of nitrogens with zero attached hydrogens (tertiary/aromatic N) is 1. The number of anilines is 1. The lowest BCUT2D eigenvalue weighted by Gasteiger charge is -2.29. The van der Waals surface area contributed by atoms with Gasteiger partial charge in [-0.2, -0.15) is 0 Å². The first-order chi connectivity index (χ1) is 13.6. The number of likely N-dealkylation sites (tertiary alicyclic amines) is 1. The Bertz CT molecular complexity index is 871. The number of hydrogen-bond donors (Lipinski definition) is 1. The first kappa shape index (κ1) is 18.6. The number of ether oxygens (including phenoxy) is 2. The maximum absolute atomic E-state index is 12.8. The molecule has 0 spiro atoms. The van der Waals surface area contributed by atoms with Crippen LogP contribution in [0.25, 0.3) is 0 Å². The van der Waals surface area contributed by atoms with E-state index >= 15 is 0 Å². The number of nitrogens with one attached hydrogen (secondary N) is 1. The number of carbonyl (C=O) groups excluding carboxylic acids is 2. The van der Waals surface area contributed by atoms with E-state index in [0.29, 0.717) is 29.6 Å². The average Bonchev–Trinajstić information content (AvgIpc) is 3.17. The van der Waals surface area contributed by atoms with E-state index in [1.165, 1.54) is 0 Å². The molecule has 1 fully saturated rings. The molecule has 2 aromatic carbocycles. The van der Waals surface area contributed by atoms with Gasteiger partial charge in [0, 0.05) is 11.6 Å². The van der Waals surface area contributed by atoms with Crippen LogP contribution in [0, 0.1) is 0 Å². The fourth-order valence-electron chi connectivity index (χ4n) is 3.56. The van der Waals surface area contributed by atoms with E-state index < -0.39 is 6.10 Å². The second-order valence-electron chi connectivity index (χ2n) is 6.94. The second-order valence-corrected chi connectivity index (χ2v) is 7.38. The quantitative estimate of drug-likeness (QED) is 0.834. The summed E-state index contributed by atoms with van der Waals surface area (Å²) >= 11 is 5.89. The lowest BCUT2D eigenvalue weighted by Crippen LogP contribution is -2.45. The van der Waals surface area contributed by atoms with E-state index in [4.69, 9.17) is 21.1 Å². The van der Waals surface area contributed by atoms with Gasteiger partial charge in [0.2, 0.25) is 5.91 Å². The molecule has 0 saturated carbocycles. The molecule has 0 aromatic heterocycles. The van der Waals surface area contributed by atoms with Crippen LogP contribution in [0.5, 0.6) is 11.5 Å². The highest BCUT2D eigenvalue weighted by atomic mass is 35.5. The second kappa shape index (κ2) is 8.10. The lowest BCUT2D eigenvalue weighted by atomic mass is 10.1. The maximum atomic E-state index is 12.8. The zero-order chi connectivity index (χ0) is 19.5. The van der Waals surface area contributed by atoms with Crippen LogP contribution in [0.4, 0.5) is 5.69 Å². The molecule has 2 aliphatic heterocycles. The van der Waals surface area contributed by atoms with Gasteiger partial charge in [0.15, 0.2) is 6.10 Å². The van der Waals surface area contributed by atoms with Crippen LogP contribution in [0.15, 0.2) is 48.5 Å². The summed E-state index contributed by atoms with van der Waals surface area (Å²) in [4.78, 5) is 26.9. The SMILES string of the molecule is O=C1Nc2ccccc2OC1CC(=O)N1CCCC1COc1ccc(Cl)cc1. The van der Waals surface area contributed by atoms with Gasteiger partial charge < -0.3 is 19.7 Å². The first-order valence-electron chi connectivity index (χ1n) is 9.34. The normalized spacial score (nSPS) is 20.9. The molecule has 28 heavy (non-hydrogen) atoms. The molecule has 0 radical (unpaired) electrons. The fourth-order valence-corrected chi connectivity index (χ4v) is 3.69. The summed E-state index contributed by atoms with van der Waals surface area (Å²) in [6, 6.07) is 14.4. The highest BCUT2D eigenvalue weighted by molar-refractivity contribution is 6.30. The van der Waals surface area contributed by atoms with Crippen LogP contribution < -0.4 is 14.8 Å². The van der Waals surface area contributed by atoms with Gasteiger partial charge in [0.25, 0.3) is 5.91 Å². The van der Waals surface area contributed by atoms with Crippen molar-refractivity contribution in [2.45, 2.75) is 31.4 Å². The summed E-state index contributed by atoms with van der Waals surface area (Å²) in [5, 5.41) is 3.45. The van der Waals surface area contributed by atoms with Crippen LogP contribution in [-0.2, 0) is 9.59 Å². The Morgan fingerprint density at radius 3 is 2.82 bits per heavy atom. The molecule has 146 valence electrons. The molecule has 6 nitrogen and oxygen atoms in total. The molecule has 1 saturated heterocycles. The molecular formula is C21H21ClN2O4. The standard InChI is InChI=1S/C21H21ClN2O4/c22-14-7-9-16(10-8-14)27-13-15-4-3-11-24(15)20(25)12-19-21(26)23-17-5-1-2-6-18(17)28-19/h1-2,5-10,15,19H,3-4,11-13H2,(H,23,26). The lowest BCUT2D eigenvalue weighted by molar-refractivity contribution is -0.138. The molecule has 2 amide bonds. The molecule has 7 heteroatoms. The van der Waals surface area contributed by atoms with E-state index in [1.807, 2.05) is 12.1 Å². The number of benzene rings is 2. The molecule has 2 heterocycles. The summed E-state index contributed by atoms with van der Waals surface area (Å²) in [7, 11) is 0. The molecule has 4 rings (SSSR count). The molecule has 2 aliphatic rings. The van der Waals surface area contributed by atoms with Crippen molar-refractivity contribution >= 4 is 29.1 Å². The number of hydrogen-bond acceptors (Lipinski definition) is 4. The van der Waals surface area contributed by atoms with Crippen molar-refractivity contribution in [3.8, 4) is 11.5 Å². The minimum atomic E-state index is -0.819. The van der Waals surface area contributed by atoms with E-state index in [2.05, 4.69) is 5.32 Å². The summed E-state index contributed by atoms with van der Waals surface area (Å²) in [5.74, 6) is 0.918. The summed E-state index contributed by atoms with van der Waals surface area (Å²) < 4.78 is 11.6. The minimum absolute atomic E-state index is 0.0115. The smallest absolute Gasteiger partial charge is 0.266 e. The van der Waals surface area contributed by atoms with Gasteiger partial charge in [-0.3, -0.25) is 9.59 Å². The van der Waals surface area contributed by atoms with Gasteiger partial charge in [-0.1, -0.05) is 23.7 Å². The summed E-state index contributed by atoms with van der Waals surface area (Å²) in [6.07, 6.45) is 0.985. The van der Waals surface area contributed by atoms with Crippen molar-refractivity contribution in [2.75, 3.05) is 18.5 Å². The first-order valence-corrected chi connectivity index (χ1v) is 9.72. The molecular weight excluding hydrogens is 380 g/mol.